The number of nitrogens with zero attached hydrogens (tertiary/aromatic N) is 2. The third-order valence-corrected chi connectivity index (χ3v) is 3.02. The van der Waals surface area contributed by atoms with E-state index < -0.39 is 12.1 Å². The third-order valence-electron chi connectivity index (χ3n) is 2.26. The summed E-state index contributed by atoms with van der Waals surface area (Å²) in [6, 6.07) is 0. The number of rotatable bonds is 7. The molecule has 8 heteroatoms. The molecule has 1 amide bonds. The quantitative estimate of drug-likeness (QED) is 0.742. The van der Waals surface area contributed by atoms with Crippen LogP contribution >= 0.6 is 11.5 Å². The predicted octanol–water partition coefficient (Wildman–Crippen LogP) is 0.320. The van der Waals surface area contributed by atoms with Crippen LogP contribution in [0.3, 0.4) is 0 Å². The van der Waals surface area contributed by atoms with Crippen molar-refractivity contribution in [2.75, 3.05) is 13.7 Å². The monoisotopic (exact) mass is 273 g/mol. The average Bonchev–Trinajstić information content (AvgIpc) is 2.78. The van der Waals surface area contributed by atoms with Gasteiger partial charge >= 0.3 is 5.97 Å². The van der Waals surface area contributed by atoms with Crippen LogP contribution in [0.15, 0.2) is 0 Å². The number of hydrogen-bond acceptors (Lipinski definition) is 6. The number of carboxylic acids is 1. The van der Waals surface area contributed by atoms with E-state index in [2.05, 4.69) is 14.9 Å². The summed E-state index contributed by atoms with van der Waals surface area (Å²) < 4.78 is 8.44. The van der Waals surface area contributed by atoms with Gasteiger partial charge in [0.1, 0.15) is 4.88 Å². The van der Waals surface area contributed by atoms with Gasteiger partial charge in [0.2, 0.25) is 0 Å². The first kappa shape index (κ1) is 14.5. The maximum absolute atomic E-state index is 11.8. The van der Waals surface area contributed by atoms with Crippen LogP contribution in [-0.2, 0) is 16.0 Å². The molecule has 0 bridgehead atoms. The second-order valence-electron chi connectivity index (χ2n) is 3.57. The second-order valence-corrected chi connectivity index (χ2v) is 4.33. The standard InChI is InChI=1S/C10H15N3O4S/c1-3-4-6-8(18-13-12-6)9(14)11-5-7(17-2)10(15)16/h7H,3-5H2,1-2H3,(H,11,14)(H,15,16). The van der Waals surface area contributed by atoms with Gasteiger partial charge in [0, 0.05) is 7.11 Å². The topological polar surface area (TPSA) is 101 Å². The fraction of sp³-hybridized carbons (Fsp3) is 0.600. The van der Waals surface area contributed by atoms with E-state index in [1.54, 1.807) is 0 Å². The van der Waals surface area contributed by atoms with Gasteiger partial charge in [-0.15, -0.1) is 5.10 Å². The zero-order valence-corrected chi connectivity index (χ0v) is 11.0. The molecule has 0 fully saturated rings. The van der Waals surface area contributed by atoms with Crippen molar-refractivity contribution in [2.45, 2.75) is 25.9 Å². The molecule has 0 aliphatic carbocycles. The van der Waals surface area contributed by atoms with E-state index >= 15 is 0 Å². The highest BCUT2D eigenvalue weighted by Crippen LogP contribution is 2.12. The summed E-state index contributed by atoms with van der Waals surface area (Å²) in [6.45, 7) is 1.89. The van der Waals surface area contributed by atoms with Crippen LogP contribution in [-0.4, -0.2) is 46.3 Å². The number of carbonyl (C=O) groups is 2. The van der Waals surface area contributed by atoms with Crippen molar-refractivity contribution >= 4 is 23.4 Å². The lowest BCUT2D eigenvalue weighted by Crippen LogP contribution is -2.37. The number of aliphatic carboxylic acids is 1. The van der Waals surface area contributed by atoms with E-state index in [9.17, 15) is 9.59 Å². The molecule has 1 unspecified atom stereocenters. The fourth-order valence-corrected chi connectivity index (χ4v) is 1.94. The lowest BCUT2D eigenvalue weighted by atomic mass is 10.2. The minimum Gasteiger partial charge on any atom is -0.479 e. The Kier molecular flexibility index (Phi) is 5.66. The molecule has 1 rings (SSSR count). The number of aromatic nitrogens is 2. The van der Waals surface area contributed by atoms with Gasteiger partial charge in [-0.1, -0.05) is 17.8 Å². The second kappa shape index (κ2) is 7.02. The van der Waals surface area contributed by atoms with Crippen molar-refractivity contribution in [2.24, 2.45) is 0 Å². The minimum atomic E-state index is -1.12. The van der Waals surface area contributed by atoms with Gasteiger partial charge < -0.3 is 15.2 Å². The van der Waals surface area contributed by atoms with Crippen LogP contribution in [0, 0.1) is 0 Å². The molecule has 0 aliphatic rings. The summed E-state index contributed by atoms with van der Waals surface area (Å²) in [5, 5.41) is 15.1. The minimum absolute atomic E-state index is 0.0892. The van der Waals surface area contributed by atoms with Crippen molar-refractivity contribution in [3.63, 3.8) is 0 Å². The zero-order valence-electron chi connectivity index (χ0n) is 10.2. The van der Waals surface area contributed by atoms with Gasteiger partial charge in [-0.3, -0.25) is 4.79 Å². The predicted molar refractivity (Wildman–Crippen MR) is 64.7 cm³/mol. The highest BCUT2D eigenvalue weighted by Gasteiger charge is 2.20. The van der Waals surface area contributed by atoms with Gasteiger partial charge in [0.25, 0.3) is 5.91 Å². The number of nitrogens with one attached hydrogen (secondary N) is 1. The Morgan fingerprint density at radius 1 is 1.56 bits per heavy atom. The molecule has 0 aromatic carbocycles. The van der Waals surface area contributed by atoms with Crippen LogP contribution in [0.1, 0.15) is 28.7 Å². The molecule has 0 spiro atoms. The zero-order chi connectivity index (χ0) is 13.5. The van der Waals surface area contributed by atoms with Gasteiger partial charge in [0.15, 0.2) is 6.10 Å². The molecular formula is C10H15N3O4S. The molecule has 0 aliphatic heterocycles. The summed E-state index contributed by atoms with van der Waals surface area (Å²) in [6.07, 6.45) is 0.484. The number of ether oxygens (including phenoxy) is 1. The van der Waals surface area contributed by atoms with Gasteiger partial charge in [-0.05, 0) is 18.0 Å². The molecule has 1 heterocycles. The Morgan fingerprint density at radius 3 is 2.83 bits per heavy atom. The fourth-order valence-electron chi connectivity index (χ4n) is 1.32. The molecule has 0 saturated heterocycles. The normalized spacial score (nSPS) is 12.1. The first-order valence-corrected chi connectivity index (χ1v) is 6.22. The number of amides is 1. The van der Waals surface area contributed by atoms with Crippen LogP contribution in [0.5, 0.6) is 0 Å². The molecule has 0 saturated carbocycles. The number of hydrogen-bond donors (Lipinski definition) is 2. The molecule has 2 N–H and O–H groups in total. The molecule has 7 nitrogen and oxygen atoms in total. The summed E-state index contributed by atoms with van der Waals surface area (Å²) in [5.74, 6) is -1.48. The Labute approximate surface area is 108 Å². The van der Waals surface area contributed by atoms with E-state index in [4.69, 9.17) is 9.84 Å². The van der Waals surface area contributed by atoms with Crippen molar-refractivity contribution in [3.8, 4) is 0 Å². The van der Waals surface area contributed by atoms with Gasteiger partial charge in [-0.2, -0.15) is 0 Å². The van der Waals surface area contributed by atoms with E-state index in [-0.39, 0.29) is 12.5 Å². The SMILES string of the molecule is CCCc1nnsc1C(=O)NCC(OC)C(=O)O. The molecule has 100 valence electrons. The summed E-state index contributed by atoms with van der Waals surface area (Å²) in [4.78, 5) is 22.9. The van der Waals surface area contributed by atoms with E-state index in [0.29, 0.717) is 17.0 Å². The first-order chi connectivity index (χ1) is 8.60. The Balaban J connectivity index is 2.59. The third kappa shape index (κ3) is 3.74. The highest BCUT2D eigenvalue weighted by atomic mass is 32.1. The molecule has 1 aromatic heterocycles. The lowest BCUT2D eigenvalue weighted by molar-refractivity contribution is -0.147. The maximum atomic E-state index is 11.8. The summed E-state index contributed by atoms with van der Waals surface area (Å²) in [7, 11) is 1.28. The van der Waals surface area contributed by atoms with Gasteiger partial charge in [0.05, 0.1) is 12.2 Å². The van der Waals surface area contributed by atoms with Crippen LogP contribution in [0.25, 0.3) is 0 Å². The van der Waals surface area contributed by atoms with Crippen LogP contribution < -0.4 is 5.32 Å². The Morgan fingerprint density at radius 2 is 2.28 bits per heavy atom. The number of aryl methyl sites for hydroxylation is 1. The first-order valence-electron chi connectivity index (χ1n) is 5.45. The smallest absolute Gasteiger partial charge is 0.334 e. The largest absolute Gasteiger partial charge is 0.479 e. The summed E-state index contributed by atoms with van der Waals surface area (Å²) in [5.41, 5.74) is 0.643. The molecule has 18 heavy (non-hydrogen) atoms. The number of carbonyl (C=O) groups excluding carboxylic acids is 1. The van der Waals surface area contributed by atoms with Crippen molar-refractivity contribution in [1.82, 2.24) is 14.9 Å². The lowest BCUT2D eigenvalue weighted by Gasteiger charge is -2.10. The van der Waals surface area contributed by atoms with Gasteiger partial charge in [-0.25, -0.2) is 4.79 Å². The summed E-state index contributed by atoms with van der Waals surface area (Å²) >= 11 is 1.00. The maximum Gasteiger partial charge on any atom is 0.334 e. The molecule has 1 atom stereocenters. The molecule has 0 radical (unpaired) electrons. The van der Waals surface area contributed by atoms with Crippen LogP contribution in [0.4, 0.5) is 0 Å². The molecule has 1 aromatic rings. The number of methoxy groups -OCH3 is 1. The van der Waals surface area contributed by atoms with Crippen molar-refractivity contribution in [3.05, 3.63) is 10.6 Å². The van der Waals surface area contributed by atoms with Crippen molar-refractivity contribution < 1.29 is 19.4 Å². The van der Waals surface area contributed by atoms with E-state index in [1.807, 2.05) is 6.92 Å². The van der Waals surface area contributed by atoms with E-state index in [0.717, 1.165) is 18.0 Å². The van der Waals surface area contributed by atoms with E-state index in [1.165, 1.54) is 7.11 Å². The molecular weight excluding hydrogens is 258 g/mol. The van der Waals surface area contributed by atoms with Crippen molar-refractivity contribution in [1.29, 1.82) is 0 Å². The van der Waals surface area contributed by atoms with Crippen LogP contribution in [0.2, 0.25) is 0 Å². The Bertz CT molecular complexity index is 421. The Hall–Kier alpha value is -1.54. The highest BCUT2D eigenvalue weighted by molar-refractivity contribution is 7.08. The number of carboxylic acid groups (broad SMARTS) is 1. The average molecular weight is 273 g/mol.